The van der Waals surface area contributed by atoms with Gasteiger partial charge in [0.2, 0.25) is 0 Å². The molecular weight excluding hydrogens is 268 g/mol. The Balaban J connectivity index is 1.93. The number of aliphatic hydroxyl groups is 1. The first-order valence-corrected chi connectivity index (χ1v) is 7.23. The Morgan fingerprint density at radius 2 is 2.00 bits per heavy atom. The monoisotopic (exact) mass is 282 g/mol. The minimum absolute atomic E-state index is 0.691. The molecule has 1 atom stereocenters. The number of aryl methyl sites for hydroxylation is 1. The molecule has 0 fully saturated rings. The van der Waals surface area contributed by atoms with E-state index in [4.69, 9.17) is 0 Å². The van der Waals surface area contributed by atoms with E-state index in [9.17, 15) is 5.11 Å². The molecule has 3 rings (SSSR count). The third kappa shape index (κ3) is 2.48. The molecule has 3 aromatic rings. The third-order valence-corrected chi connectivity index (χ3v) is 4.07. The lowest BCUT2D eigenvalue weighted by Crippen LogP contribution is -1.99. The van der Waals surface area contributed by atoms with Crippen LogP contribution in [0.25, 0.3) is 11.3 Å². The van der Waals surface area contributed by atoms with Crippen LogP contribution in [0.5, 0.6) is 0 Å². The highest BCUT2D eigenvalue weighted by atomic mass is 32.1. The number of aromatic nitrogens is 2. The van der Waals surface area contributed by atoms with Crippen LogP contribution in [-0.4, -0.2) is 15.1 Å². The van der Waals surface area contributed by atoms with Gasteiger partial charge in [0.05, 0.1) is 5.69 Å². The molecule has 3 nitrogen and oxygen atoms in total. The first-order valence-electron chi connectivity index (χ1n) is 6.35. The Labute approximate surface area is 121 Å². The van der Waals surface area contributed by atoms with Crippen molar-refractivity contribution in [1.82, 2.24) is 9.97 Å². The highest BCUT2D eigenvalue weighted by molar-refractivity contribution is 7.10. The van der Waals surface area contributed by atoms with Gasteiger partial charge in [-0.2, -0.15) is 0 Å². The Hall–Kier alpha value is -2.04. The summed E-state index contributed by atoms with van der Waals surface area (Å²) in [6.45, 7) is 2.06. The van der Waals surface area contributed by atoms with E-state index in [1.165, 1.54) is 16.9 Å². The fourth-order valence-corrected chi connectivity index (χ4v) is 2.91. The molecule has 1 N–H and O–H groups in total. The molecule has 0 radical (unpaired) electrons. The Morgan fingerprint density at radius 3 is 2.75 bits per heavy atom. The summed E-state index contributed by atoms with van der Waals surface area (Å²) < 4.78 is 0. The number of nitrogens with zero attached hydrogens (tertiary/aromatic N) is 2. The molecule has 0 amide bonds. The van der Waals surface area contributed by atoms with Gasteiger partial charge in [0.25, 0.3) is 0 Å². The number of hydrogen-bond donors (Lipinski definition) is 1. The number of pyridine rings is 1. The molecule has 0 aliphatic carbocycles. The Kier molecular flexibility index (Phi) is 3.58. The van der Waals surface area contributed by atoms with Crippen molar-refractivity contribution in [2.75, 3.05) is 0 Å². The Morgan fingerprint density at radius 1 is 1.15 bits per heavy atom. The van der Waals surface area contributed by atoms with Gasteiger partial charge in [-0.15, -0.1) is 11.3 Å². The standard InChI is InChI=1S/C16H14N2OS/c1-11-5-2-3-7-13(11)14-10-20-16(18-14)15(19)12-6-4-8-17-9-12/h2-10,15,19H,1H3. The predicted molar refractivity (Wildman–Crippen MR) is 80.6 cm³/mol. The minimum Gasteiger partial charge on any atom is -0.381 e. The van der Waals surface area contributed by atoms with Gasteiger partial charge in [-0.25, -0.2) is 4.98 Å². The molecule has 20 heavy (non-hydrogen) atoms. The molecule has 2 heterocycles. The second kappa shape index (κ2) is 5.53. The van der Waals surface area contributed by atoms with Crippen molar-refractivity contribution in [3.63, 3.8) is 0 Å². The topological polar surface area (TPSA) is 46.0 Å². The smallest absolute Gasteiger partial charge is 0.132 e. The second-order valence-corrected chi connectivity index (χ2v) is 5.46. The lowest BCUT2D eigenvalue weighted by molar-refractivity contribution is 0.219. The summed E-state index contributed by atoms with van der Waals surface area (Å²) in [5, 5.41) is 13.0. The van der Waals surface area contributed by atoms with Gasteiger partial charge in [-0.05, 0) is 18.6 Å². The Bertz CT molecular complexity index is 709. The van der Waals surface area contributed by atoms with Gasteiger partial charge < -0.3 is 5.11 Å². The molecule has 0 bridgehead atoms. The van der Waals surface area contributed by atoms with Crippen molar-refractivity contribution in [3.8, 4) is 11.3 Å². The van der Waals surface area contributed by atoms with Crippen molar-refractivity contribution in [1.29, 1.82) is 0 Å². The third-order valence-electron chi connectivity index (χ3n) is 3.18. The molecule has 1 unspecified atom stereocenters. The molecule has 0 aliphatic heterocycles. The summed E-state index contributed by atoms with van der Waals surface area (Å²) in [6, 6.07) is 11.8. The molecule has 4 heteroatoms. The van der Waals surface area contributed by atoms with Gasteiger partial charge in [-0.3, -0.25) is 4.98 Å². The molecular formula is C16H14N2OS. The first-order chi connectivity index (χ1) is 9.75. The van der Waals surface area contributed by atoms with E-state index >= 15 is 0 Å². The van der Waals surface area contributed by atoms with E-state index < -0.39 is 6.10 Å². The number of aliphatic hydroxyl groups excluding tert-OH is 1. The highest BCUT2D eigenvalue weighted by Crippen LogP contribution is 2.30. The van der Waals surface area contributed by atoms with E-state index in [1.54, 1.807) is 12.4 Å². The van der Waals surface area contributed by atoms with E-state index in [0.29, 0.717) is 5.01 Å². The van der Waals surface area contributed by atoms with Crippen LogP contribution in [-0.2, 0) is 0 Å². The van der Waals surface area contributed by atoms with Crippen molar-refractivity contribution in [2.45, 2.75) is 13.0 Å². The zero-order chi connectivity index (χ0) is 13.9. The fourth-order valence-electron chi connectivity index (χ4n) is 2.08. The van der Waals surface area contributed by atoms with Crippen LogP contribution in [0.3, 0.4) is 0 Å². The normalized spacial score (nSPS) is 12.3. The maximum atomic E-state index is 10.3. The summed E-state index contributed by atoms with van der Waals surface area (Å²) in [5.41, 5.74) is 3.96. The second-order valence-electron chi connectivity index (χ2n) is 4.57. The van der Waals surface area contributed by atoms with Crippen molar-refractivity contribution < 1.29 is 5.11 Å². The lowest BCUT2D eigenvalue weighted by atomic mass is 10.1. The van der Waals surface area contributed by atoms with Crippen molar-refractivity contribution in [2.24, 2.45) is 0 Å². The maximum absolute atomic E-state index is 10.3. The van der Waals surface area contributed by atoms with Crippen LogP contribution in [0, 0.1) is 6.92 Å². The molecule has 0 spiro atoms. The average molecular weight is 282 g/mol. The zero-order valence-corrected chi connectivity index (χ0v) is 11.8. The van der Waals surface area contributed by atoms with Gasteiger partial charge in [0, 0.05) is 28.9 Å². The zero-order valence-electron chi connectivity index (χ0n) is 11.0. The van der Waals surface area contributed by atoms with Crippen LogP contribution in [0.1, 0.15) is 22.2 Å². The highest BCUT2D eigenvalue weighted by Gasteiger charge is 2.15. The minimum atomic E-state index is -0.716. The summed E-state index contributed by atoms with van der Waals surface area (Å²) in [7, 11) is 0. The largest absolute Gasteiger partial charge is 0.381 e. The quantitative estimate of drug-likeness (QED) is 0.798. The summed E-state index contributed by atoms with van der Waals surface area (Å²) >= 11 is 1.47. The van der Waals surface area contributed by atoms with Crippen LogP contribution < -0.4 is 0 Å². The van der Waals surface area contributed by atoms with Gasteiger partial charge in [0.15, 0.2) is 0 Å². The van der Waals surface area contributed by atoms with Crippen LogP contribution >= 0.6 is 11.3 Å². The van der Waals surface area contributed by atoms with E-state index in [2.05, 4.69) is 23.0 Å². The molecule has 100 valence electrons. The van der Waals surface area contributed by atoms with Gasteiger partial charge in [-0.1, -0.05) is 30.3 Å². The summed E-state index contributed by atoms with van der Waals surface area (Å²) in [6.07, 6.45) is 2.64. The SMILES string of the molecule is Cc1ccccc1-c1csc(C(O)c2cccnc2)n1. The van der Waals surface area contributed by atoms with Crippen LogP contribution in [0.15, 0.2) is 54.2 Å². The van der Waals surface area contributed by atoms with E-state index in [0.717, 1.165) is 16.8 Å². The average Bonchev–Trinajstić information content (AvgIpc) is 2.97. The molecule has 0 aliphatic rings. The predicted octanol–water partition coefficient (Wildman–Crippen LogP) is 3.60. The molecule has 2 aromatic heterocycles. The van der Waals surface area contributed by atoms with E-state index in [1.807, 2.05) is 35.7 Å². The number of rotatable bonds is 3. The number of thiazole rings is 1. The lowest BCUT2D eigenvalue weighted by Gasteiger charge is -2.06. The molecule has 0 saturated carbocycles. The molecule has 0 saturated heterocycles. The van der Waals surface area contributed by atoms with Gasteiger partial charge in [0.1, 0.15) is 11.1 Å². The van der Waals surface area contributed by atoms with Gasteiger partial charge >= 0.3 is 0 Å². The summed E-state index contributed by atoms with van der Waals surface area (Å²) in [5.74, 6) is 0. The van der Waals surface area contributed by atoms with Crippen molar-refractivity contribution >= 4 is 11.3 Å². The maximum Gasteiger partial charge on any atom is 0.132 e. The van der Waals surface area contributed by atoms with E-state index in [-0.39, 0.29) is 0 Å². The number of benzene rings is 1. The van der Waals surface area contributed by atoms with Crippen molar-refractivity contribution in [3.05, 3.63) is 70.3 Å². The fraction of sp³-hybridized carbons (Fsp3) is 0.125. The summed E-state index contributed by atoms with van der Waals surface area (Å²) in [4.78, 5) is 8.59. The number of hydrogen-bond acceptors (Lipinski definition) is 4. The van der Waals surface area contributed by atoms with Crippen LogP contribution in [0.4, 0.5) is 0 Å². The first kappa shape index (κ1) is 13.0. The molecule has 1 aromatic carbocycles. The van der Waals surface area contributed by atoms with Crippen LogP contribution in [0.2, 0.25) is 0 Å².